The molecule has 0 spiro atoms. The molecule has 3 nitrogen and oxygen atoms in total. The Morgan fingerprint density at radius 1 is 1.78 bits per heavy atom. The zero-order valence-electron chi connectivity index (χ0n) is 5.60. The van der Waals surface area contributed by atoms with E-state index in [0.29, 0.717) is 12.2 Å². The third-order valence-electron chi connectivity index (χ3n) is 0.814. The summed E-state index contributed by atoms with van der Waals surface area (Å²) in [5, 5.41) is 0. The highest BCUT2D eigenvalue weighted by atomic mass is 16.5. The van der Waals surface area contributed by atoms with Crippen LogP contribution in [0.1, 0.15) is 13.8 Å². The molecule has 0 aliphatic rings. The Bertz CT molecular complexity index is 129. The Kier molecular flexibility index (Phi) is 3.51. The van der Waals surface area contributed by atoms with Gasteiger partial charge in [0.2, 0.25) is 0 Å². The van der Waals surface area contributed by atoms with Crippen LogP contribution >= 0.6 is 0 Å². The number of rotatable bonds is 2. The van der Waals surface area contributed by atoms with Gasteiger partial charge in [0.25, 0.3) is 0 Å². The lowest BCUT2D eigenvalue weighted by Crippen LogP contribution is -2.04. The molecule has 0 heterocycles. The molecule has 0 rings (SSSR count). The van der Waals surface area contributed by atoms with Crippen LogP contribution in [0.3, 0.4) is 0 Å². The van der Waals surface area contributed by atoms with Crippen LogP contribution in [0.15, 0.2) is 11.8 Å². The van der Waals surface area contributed by atoms with Crippen LogP contribution in [0.25, 0.3) is 0 Å². The highest BCUT2D eigenvalue weighted by molar-refractivity contribution is 5.87. The third-order valence-corrected chi connectivity index (χ3v) is 0.814. The van der Waals surface area contributed by atoms with Gasteiger partial charge in [0.05, 0.1) is 12.2 Å². The van der Waals surface area contributed by atoms with Gasteiger partial charge >= 0.3 is 5.97 Å². The Balaban J connectivity index is 3.74. The maximum atomic E-state index is 10.6. The average Bonchev–Trinajstić information content (AvgIpc) is 1.87. The van der Waals surface area contributed by atoms with Crippen molar-refractivity contribution in [1.29, 1.82) is 0 Å². The molecular weight excluding hydrogens is 118 g/mol. The number of carbonyl (C=O) groups excluding carboxylic acids is 1. The van der Waals surface area contributed by atoms with E-state index in [-0.39, 0.29) is 0 Å². The van der Waals surface area contributed by atoms with E-state index < -0.39 is 5.97 Å². The van der Waals surface area contributed by atoms with Gasteiger partial charge in [-0.25, -0.2) is 4.79 Å². The fraction of sp³-hybridized carbons (Fsp3) is 0.500. The van der Waals surface area contributed by atoms with E-state index in [9.17, 15) is 4.79 Å². The first-order valence-electron chi connectivity index (χ1n) is 2.73. The molecule has 0 aromatic heterocycles. The van der Waals surface area contributed by atoms with Gasteiger partial charge in [-0.2, -0.15) is 0 Å². The summed E-state index contributed by atoms with van der Waals surface area (Å²) in [7, 11) is 0. The van der Waals surface area contributed by atoms with Crippen molar-refractivity contribution in [2.45, 2.75) is 13.8 Å². The first kappa shape index (κ1) is 8.01. The molecule has 0 aliphatic carbocycles. The summed E-state index contributed by atoms with van der Waals surface area (Å²) < 4.78 is 4.57. The Labute approximate surface area is 54.5 Å². The predicted octanol–water partition coefficient (Wildman–Crippen LogP) is 0.736. The Morgan fingerprint density at radius 3 is 2.67 bits per heavy atom. The maximum absolute atomic E-state index is 10.6. The summed E-state index contributed by atoms with van der Waals surface area (Å²) in [4.78, 5) is 10.6. The van der Waals surface area contributed by atoms with Crippen LogP contribution in [0.2, 0.25) is 0 Å². The lowest BCUT2D eigenvalue weighted by atomic mass is 10.3. The van der Waals surface area contributed by atoms with Crippen molar-refractivity contribution in [1.82, 2.24) is 5.73 Å². The molecule has 0 aromatic carbocycles. The number of ether oxygens (including phenoxy) is 1. The minimum absolute atomic E-state index is 0.330. The molecule has 3 heteroatoms. The second-order valence-electron chi connectivity index (χ2n) is 1.55. The summed E-state index contributed by atoms with van der Waals surface area (Å²) in [5.41, 5.74) is 6.99. The van der Waals surface area contributed by atoms with Crippen LogP contribution in [0.5, 0.6) is 0 Å². The van der Waals surface area contributed by atoms with Crippen molar-refractivity contribution < 1.29 is 9.53 Å². The highest BCUT2D eigenvalue weighted by Crippen LogP contribution is 1.92. The summed E-state index contributed by atoms with van der Waals surface area (Å²) >= 11 is 0. The fourth-order valence-electron chi connectivity index (χ4n) is 0.304. The maximum Gasteiger partial charge on any atom is 0.335 e. The minimum atomic E-state index is -0.410. The first-order valence-corrected chi connectivity index (χ1v) is 2.73. The number of carbonyl (C=O) groups is 1. The second kappa shape index (κ2) is 3.95. The molecule has 0 saturated carbocycles. The largest absolute Gasteiger partial charge is 0.463 e. The average molecular weight is 128 g/mol. The molecular formula is C6H10NO2. The van der Waals surface area contributed by atoms with Crippen LogP contribution in [-0.4, -0.2) is 12.6 Å². The van der Waals surface area contributed by atoms with Crippen molar-refractivity contribution in [3.05, 3.63) is 11.8 Å². The standard InChI is InChI=1S/C6H10NO2/c1-3-9-6(8)5(2)4-7/h4,7H,3H2,1-2H3. The Hall–Kier alpha value is -0.990. The monoisotopic (exact) mass is 128 g/mol. The lowest BCUT2D eigenvalue weighted by Gasteiger charge is -1.97. The molecule has 0 aliphatic heterocycles. The first-order chi connectivity index (χ1) is 4.22. The lowest BCUT2D eigenvalue weighted by molar-refractivity contribution is -0.138. The highest BCUT2D eigenvalue weighted by Gasteiger charge is 2.01. The molecule has 1 radical (unpaired) electrons. The minimum Gasteiger partial charge on any atom is -0.463 e. The Morgan fingerprint density at radius 2 is 2.33 bits per heavy atom. The number of nitrogens with one attached hydrogen (secondary N) is 1. The van der Waals surface area contributed by atoms with Crippen molar-refractivity contribution in [2.75, 3.05) is 6.61 Å². The van der Waals surface area contributed by atoms with Gasteiger partial charge in [0, 0.05) is 6.20 Å². The van der Waals surface area contributed by atoms with Gasteiger partial charge < -0.3 is 10.5 Å². The smallest absolute Gasteiger partial charge is 0.335 e. The summed E-state index contributed by atoms with van der Waals surface area (Å²) in [6, 6.07) is 0. The van der Waals surface area contributed by atoms with Gasteiger partial charge in [-0.3, -0.25) is 0 Å². The zero-order chi connectivity index (χ0) is 7.28. The van der Waals surface area contributed by atoms with Gasteiger partial charge in [-0.1, -0.05) is 0 Å². The molecule has 0 atom stereocenters. The van der Waals surface area contributed by atoms with E-state index in [4.69, 9.17) is 5.73 Å². The topological polar surface area (TPSA) is 50.1 Å². The predicted molar refractivity (Wildman–Crippen MR) is 33.5 cm³/mol. The normalized spacial score (nSPS) is 11.1. The molecule has 0 unspecified atom stereocenters. The van der Waals surface area contributed by atoms with Crippen molar-refractivity contribution >= 4 is 5.97 Å². The van der Waals surface area contributed by atoms with Crippen LogP contribution < -0.4 is 5.73 Å². The molecule has 0 fully saturated rings. The van der Waals surface area contributed by atoms with E-state index in [1.165, 1.54) is 0 Å². The number of hydrogen-bond donors (Lipinski definition) is 0. The third kappa shape index (κ3) is 2.74. The molecule has 9 heavy (non-hydrogen) atoms. The van der Waals surface area contributed by atoms with Gasteiger partial charge in [-0.15, -0.1) is 0 Å². The van der Waals surface area contributed by atoms with Crippen molar-refractivity contribution in [3.8, 4) is 0 Å². The molecule has 0 aromatic rings. The second-order valence-corrected chi connectivity index (χ2v) is 1.55. The fourth-order valence-corrected chi connectivity index (χ4v) is 0.304. The van der Waals surface area contributed by atoms with Crippen molar-refractivity contribution in [3.63, 3.8) is 0 Å². The molecule has 51 valence electrons. The summed E-state index contributed by atoms with van der Waals surface area (Å²) in [6.45, 7) is 3.64. The van der Waals surface area contributed by atoms with Crippen LogP contribution in [0, 0.1) is 0 Å². The van der Waals surface area contributed by atoms with E-state index in [1.54, 1.807) is 13.8 Å². The molecule has 0 bridgehead atoms. The van der Waals surface area contributed by atoms with E-state index in [0.717, 1.165) is 6.20 Å². The summed E-state index contributed by atoms with van der Waals surface area (Å²) in [6.07, 6.45) is 0.984. The van der Waals surface area contributed by atoms with Crippen LogP contribution in [0.4, 0.5) is 0 Å². The van der Waals surface area contributed by atoms with Gasteiger partial charge in [0.15, 0.2) is 0 Å². The van der Waals surface area contributed by atoms with Crippen LogP contribution in [-0.2, 0) is 9.53 Å². The number of hydrogen-bond acceptors (Lipinski definition) is 2. The van der Waals surface area contributed by atoms with E-state index in [1.807, 2.05) is 0 Å². The van der Waals surface area contributed by atoms with Crippen molar-refractivity contribution in [2.24, 2.45) is 0 Å². The van der Waals surface area contributed by atoms with Gasteiger partial charge in [0.1, 0.15) is 0 Å². The molecule has 0 saturated heterocycles. The SMILES string of the molecule is CCOC(=O)C(C)=C[NH]. The summed E-state index contributed by atoms with van der Waals surface area (Å²) in [5.74, 6) is -0.410. The van der Waals surface area contributed by atoms with Gasteiger partial charge in [-0.05, 0) is 13.8 Å². The van der Waals surface area contributed by atoms with E-state index in [2.05, 4.69) is 4.74 Å². The molecule has 1 N–H and O–H groups in total. The number of esters is 1. The quantitative estimate of drug-likeness (QED) is 0.406. The zero-order valence-corrected chi connectivity index (χ0v) is 5.60. The molecule has 0 amide bonds. The van der Waals surface area contributed by atoms with E-state index >= 15 is 0 Å².